The van der Waals surface area contributed by atoms with E-state index in [-0.39, 0.29) is 18.3 Å². The van der Waals surface area contributed by atoms with Crippen LogP contribution < -0.4 is 0 Å². The Morgan fingerprint density at radius 3 is 2.38 bits per heavy atom. The van der Waals surface area contributed by atoms with Crippen molar-refractivity contribution in [3.8, 4) is 0 Å². The lowest BCUT2D eigenvalue weighted by molar-refractivity contribution is -0.212. The SMILES string of the molecule is CC(C)CS(=O)(=O)OOCc1ccccc1. The van der Waals surface area contributed by atoms with Crippen LogP contribution in [0.4, 0.5) is 0 Å². The van der Waals surface area contributed by atoms with Gasteiger partial charge in [-0.2, -0.15) is 8.42 Å². The fraction of sp³-hybridized carbons (Fsp3) is 0.455. The summed E-state index contributed by atoms with van der Waals surface area (Å²) in [6, 6.07) is 9.24. The quantitative estimate of drug-likeness (QED) is 0.568. The zero-order valence-electron chi connectivity index (χ0n) is 9.42. The molecule has 0 N–H and O–H groups in total. The van der Waals surface area contributed by atoms with Crippen LogP contribution in [0.5, 0.6) is 0 Å². The third-order valence-electron chi connectivity index (χ3n) is 1.76. The Morgan fingerprint density at radius 1 is 1.19 bits per heavy atom. The molecule has 5 heteroatoms. The lowest BCUT2D eigenvalue weighted by atomic mass is 10.2. The van der Waals surface area contributed by atoms with Gasteiger partial charge in [-0.3, -0.25) is 0 Å². The second kappa shape index (κ2) is 5.98. The predicted molar refractivity (Wildman–Crippen MR) is 60.9 cm³/mol. The van der Waals surface area contributed by atoms with Crippen LogP contribution in [0.3, 0.4) is 0 Å². The molecule has 0 aliphatic carbocycles. The summed E-state index contributed by atoms with van der Waals surface area (Å²) in [4.78, 5) is 4.70. The van der Waals surface area contributed by atoms with Crippen molar-refractivity contribution in [1.82, 2.24) is 0 Å². The number of rotatable bonds is 6. The molecule has 0 aliphatic heterocycles. The van der Waals surface area contributed by atoms with E-state index in [1.807, 2.05) is 30.3 Å². The van der Waals surface area contributed by atoms with Gasteiger partial charge in [0.1, 0.15) is 6.61 Å². The summed E-state index contributed by atoms with van der Waals surface area (Å²) < 4.78 is 27.0. The minimum atomic E-state index is -3.57. The van der Waals surface area contributed by atoms with Gasteiger partial charge in [0.25, 0.3) is 10.1 Å². The second-order valence-electron chi connectivity index (χ2n) is 3.93. The minimum Gasteiger partial charge on any atom is -0.215 e. The van der Waals surface area contributed by atoms with Gasteiger partial charge in [-0.05, 0) is 11.5 Å². The molecule has 16 heavy (non-hydrogen) atoms. The van der Waals surface area contributed by atoms with Gasteiger partial charge in [-0.25, -0.2) is 4.89 Å². The van der Waals surface area contributed by atoms with E-state index in [1.54, 1.807) is 13.8 Å². The standard InChI is InChI=1S/C11H16O4S/c1-10(2)9-16(12,13)15-14-8-11-6-4-3-5-7-11/h3-7,10H,8-9H2,1-2H3. The van der Waals surface area contributed by atoms with Gasteiger partial charge in [0.15, 0.2) is 0 Å². The van der Waals surface area contributed by atoms with Gasteiger partial charge in [0.05, 0.1) is 5.75 Å². The van der Waals surface area contributed by atoms with E-state index >= 15 is 0 Å². The van der Waals surface area contributed by atoms with Crippen LogP contribution in [0, 0.1) is 5.92 Å². The maximum absolute atomic E-state index is 11.3. The van der Waals surface area contributed by atoms with E-state index in [2.05, 4.69) is 4.33 Å². The lowest BCUT2D eigenvalue weighted by Crippen LogP contribution is -2.15. The van der Waals surface area contributed by atoms with Crippen molar-refractivity contribution in [2.45, 2.75) is 20.5 Å². The molecule has 0 atom stereocenters. The summed E-state index contributed by atoms with van der Waals surface area (Å²) >= 11 is 0. The molecular weight excluding hydrogens is 228 g/mol. The Labute approximate surface area is 96.2 Å². The normalized spacial score (nSPS) is 11.9. The Morgan fingerprint density at radius 2 is 1.81 bits per heavy atom. The first-order chi connectivity index (χ1) is 7.49. The van der Waals surface area contributed by atoms with Crippen molar-refractivity contribution in [2.75, 3.05) is 5.75 Å². The van der Waals surface area contributed by atoms with Gasteiger partial charge in [-0.1, -0.05) is 44.2 Å². The van der Waals surface area contributed by atoms with Crippen molar-refractivity contribution in [3.63, 3.8) is 0 Å². The monoisotopic (exact) mass is 244 g/mol. The van der Waals surface area contributed by atoms with Gasteiger partial charge >= 0.3 is 0 Å². The van der Waals surface area contributed by atoms with E-state index in [1.165, 1.54) is 0 Å². The highest BCUT2D eigenvalue weighted by Crippen LogP contribution is 2.06. The highest BCUT2D eigenvalue weighted by Gasteiger charge is 2.14. The Balaban J connectivity index is 2.36. The molecule has 0 aromatic heterocycles. The molecule has 0 amide bonds. The Kier molecular flexibility index (Phi) is 4.92. The van der Waals surface area contributed by atoms with Crippen LogP contribution in [-0.2, 0) is 25.9 Å². The molecular formula is C11H16O4S. The summed E-state index contributed by atoms with van der Waals surface area (Å²) in [6.45, 7) is 3.73. The summed E-state index contributed by atoms with van der Waals surface area (Å²) in [7, 11) is -3.57. The van der Waals surface area contributed by atoms with Crippen molar-refractivity contribution in [3.05, 3.63) is 35.9 Å². The maximum Gasteiger partial charge on any atom is 0.293 e. The third kappa shape index (κ3) is 5.25. The minimum absolute atomic E-state index is 0.0188. The average molecular weight is 244 g/mol. The second-order valence-corrected chi connectivity index (χ2v) is 5.52. The molecule has 0 fully saturated rings. The van der Waals surface area contributed by atoms with Crippen molar-refractivity contribution in [2.24, 2.45) is 5.92 Å². The first-order valence-corrected chi connectivity index (χ1v) is 6.65. The number of hydrogen-bond acceptors (Lipinski definition) is 4. The molecule has 0 aliphatic rings. The smallest absolute Gasteiger partial charge is 0.215 e. The molecule has 0 spiro atoms. The summed E-state index contributed by atoms with van der Waals surface area (Å²) in [5.41, 5.74) is 0.863. The van der Waals surface area contributed by atoms with Crippen LogP contribution in [0.1, 0.15) is 19.4 Å². The van der Waals surface area contributed by atoms with Gasteiger partial charge in [-0.15, -0.1) is 4.33 Å². The average Bonchev–Trinajstić information content (AvgIpc) is 2.16. The molecule has 1 rings (SSSR count). The summed E-state index contributed by atoms with van der Waals surface area (Å²) in [5.74, 6) is -0.0211. The fourth-order valence-corrected chi connectivity index (χ4v) is 2.24. The molecule has 4 nitrogen and oxygen atoms in total. The van der Waals surface area contributed by atoms with Crippen LogP contribution >= 0.6 is 0 Å². The molecule has 0 radical (unpaired) electrons. The van der Waals surface area contributed by atoms with Gasteiger partial charge in [0, 0.05) is 0 Å². The highest BCUT2D eigenvalue weighted by atomic mass is 32.2. The van der Waals surface area contributed by atoms with Crippen LogP contribution in [-0.4, -0.2) is 14.2 Å². The van der Waals surface area contributed by atoms with Crippen molar-refractivity contribution in [1.29, 1.82) is 0 Å². The third-order valence-corrected chi connectivity index (χ3v) is 3.14. The number of hydrogen-bond donors (Lipinski definition) is 0. The van der Waals surface area contributed by atoms with Crippen LogP contribution in [0.2, 0.25) is 0 Å². The van der Waals surface area contributed by atoms with Crippen molar-refractivity contribution >= 4 is 10.1 Å². The molecule has 0 bridgehead atoms. The highest BCUT2D eigenvalue weighted by molar-refractivity contribution is 7.86. The Hall–Kier alpha value is -0.910. The maximum atomic E-state index is 11.3. The molecule has 0 saturated carbocycles. The number of benzene rings is 1. The van der Waals surface area contributed by atoms with E-state index in [9.17, 15) is 8.42 Å². The summed E-state index contributed by atoms with van der Waals surface area (Å²) in [5, 5.41) is 0. The molecule has 0 heterocycles. The molecule has 90 valence electrons. The first kappa shape index (κ1) is 13.2. The molecule has 1 aromatic carbocycles. The molecule has 0 unspecified atom stereocenters. The van der Waals surface area contributed by atoms with Crippen LogP contribution in [0.25, 0.3) is 0 Å². The summed E-state index contributed by atoms with van der Waals surface area (Å²) in [6.07, 6.45) is 0. The van der Waals surface area contributed by atoms with Crippen LogP contribution in [0.15, 0.2) is 30.3 Å². The van der Waals surface area contributed by atoms with E-state index in [0.29, 0.717) is 0 Å². The molecule has 1 aromatic rings. The topological polar surface area (TPSA) is 52.6 Å². The predicted octanol–water partition coefficient (Wildman–Crippen LogP) is 2.12. The van der Waals surface area contributed by atoms with Gasteiger partial charge < -0.3 is 0 Å². The lowest BCUT2D eigenvalue weighted by Gasteiger charge is -2.06. The van der Waals surface area contributed by atoms with Gasteiger partial charge in [0.2, 0.25) is 0 Å². The molecule has 0 saturated heterocycles. The fourth-order valence-electron chi connectivity index (χ4n) is 1.18. The van der Waals surface area contributed by atoms with Crippen molar-refractivity contribution < 1.29 is 17.6 Å². The van der Waals surface area contributed by atoms with E-state index in [4.69, 9.17) is 4.89 Å². The Bertz CT molecular complexity index is 397. The largest absolute Gasteiger partial charge is 0.293 e. The van der Waals surface area contributed by atoms with E-state index in [0.717, 1.165) is 5.56 Å². The zero-order chi connectivity index (χ0) is 12.0. The first-order valence-electron chi connectivity index (χ1n) is 5.07. The van der Waals surface area contributed by atoms with E-state index < -0.39 is 10.1 Å². The zero-order valence-corrected chi connectivity index (χ0v) is 10.2.